The molecule has 0 saturated heterocycles. The lowest BCUT2D eigenvalue weighted by molar-refractivity contribution is 0.0733. The van der Waals surface area contributed by atoms with E-state index in [-0.39, 0.29) is 0 Å². The standard InChI is InChI=1S/C16H24N2O/c1-13(2)19-11-10-18-12-14(8-9-17-3)15-6-4-5-7-16(15)18/h4-7,12-13,17H,8-11H2,1-3H3. The van der Waals surface area contributed by atoms with E-state index in [0.29, 0.717) is 6.10 Å². The van der Waals surface area contributed by atoms with Crippen LogP contribution in [-0.4, -0.2) is 30.9 Å². The zero-order valence-electron chi connectivity index (χ0n) is 12.1. The normalized spacial score (nSPS) is 11.6. The fourth-order valence-electron chi connectivity index (χ4n) is 2.35. The van der Waals surface area contributed by atoms with E-state index in [1.54, 1.807) is 0 Å². The Bertz CT molecular complexity index is 516. The number of likely N-dealkylation sites (N-methyl/N-ethyl adjacent to an activating group) is 1. The third kappa shape index (κ3) is 3.58. The van der Waals surface area contributed by atoms with Gasteiger partial charge in [0.15, 0.2) is 0 Å². The van der Waals surface area contributed by atoms with Gasteiger partial charge in [-0.2, -0.15) is 0 Å². The van der Waals surface area contributed by atoms with Crippen LogP contribution in [0.3, 0.4) is 0 Å². The average molecular weight is 260 g/mol. The molecule has 1 heterocycles. The molecular formula is C16H24N2O. The van der Waals surface area contributed by atoms with Crippen molar-refractivity contribution in [1.29, 1.82) is 0 Å². The fourth-order valence-corrected chi connectivity index (χ4v) is 2.35. The number of nitrogens with one attached hydrogen (secondary N) is 1. The second-order valence-electron chi connectivity index (χ2n) is 5.14. The summed E-state index contributed by atoms with van der Waals surface area (Å²) in [5, 5.41) is 4.58. The van der Waals surface area contributed by atoms with Crippen LogP contribution in [0.5, 0.6) is 0 Å². The lowest BCUT2D eigenvalue weighted by Crippen LogP contribution is -2.11. The number of para-hydroxylation sites is 1. The number of aromatic nitrogens is 1. The molecule has 0 spiro atoms. The van der Waals surface area contributed by atoms with E-state index in [9.17, 15) is 0 Å². The summed E-state index contributed by atoms with van der Waals surface area (Å²) in [6, 6.07) is 8.61. The van der Waals surface area contributed by atoms with E-state index >= 15 is 0 Å². The first-order valence-electron chi connectivity index (χ1n) is 7.05. The van der Waals surface area contributed by atoms with E-state index in [1.807, 2.05) is 7.05 Å². The summed E-state index contributed by atoms with van der Waals surface area (Å²) >= 11 is 0. The highest BCUT2D eigenvalue weighted by Gasteiger charge is 2.07. The molecule has 0 aliphatic carbocycles. The van der Waals surface area contributed by atoms with Gasteiger partial charge in [-0.25, -0.2) is 0 Å². The predicted octanol–water partition coefficient (Wildman–Crippen LogP) is 2.83. The Hall–Kier alpha value is -1.32. The Morgan fingerprint density at radius 2 is 2.05 bits per heavy atom. The molecule has 0 aliphatic rings. The van der Waals surface area contributed by atoms with Gasteiger partial charge in [0.2, 0.25) is 0 Å². The van der Waals surface area contributed by atoms with Gasteiger partial charge in [-0.3, -0.25) is 0 Å². The molecule has 1 aromatic heterocycles. The van der Waals surface area contributed by atoms with Crippen molar-refractivity contribution >= 4 is 10.9 Å². The molecule has 2 aromatic rings. The maximum atomic E-state index is 5.65. The number of benzene rings is 1. The van der Waals surface area contributed by atoms with Gasteiger partial charge < -0.3 is 14.6 Å². The Kier molecular flexibility index (Phi) is 5.00. The quantitative estimate of drug-likeness (QED) is 0.828. The molecule has 2 rings (SSSR count). The molecule has 0 fully saturated rings. The molecule has 3 nitrogen and oxygen atoms in total. The number of hydrogen-bond acceptors (Lipinski definition) is 2. The van der Waals surface area contributed by atoms with E-state index in [0.717, 1.165) is 26.1 Å². The Morgan fingerprint density at radius 3 is 2.79 bits per heavy atom. The topological polar surface area (TPSA) is 26.2 Å². The zero-order chi connectivity index (χ0) is 13.7. The number of rotatable bonds is 7. The largest absolute Gasteiger partial charge is 0.377 e. The number of fused-ring (bicyclic) bond motifs is 1. The van der Waals surface area contributed by atoms with Gasteiger partial charge in [-0.1, -0.05) is 18.2 Å². The lowest BCUT2D eigenvalue weighted by atomic mass is 10.1. The first kappa shape index (κ1) is 14.1. The van der Waals surface area contributed by atoms with Crippen molar-refractivity contribution in [2.24, 2.45) is 0 Å². The van der Waals surface area contributed by atoms with Gasteiger partial charge in [-0.15, -0.1) is 0 Å². The minimum absolute atomic E-state index is 0.297. The van der Waals surface area contributed by atoms with Gasteiger partial charge in [-0.05, 0) is 45.5 Å². The van der Waals surface area contributed by atoms with Crippen molar-refractivity contribution in [3.05, 3.63) is 36.0 Å². The summed E-state index contributed by atoms with van der Waals surface area (Å²) in [4.78, 5) is 0. The fraction of sp³-hybridized carbons (Fsp3) is 0.500. The number of ether oxygens (including phenoxy) is 1. The maximum absolute atomic E-state index is 5.65. The van der Waals surface area contributed by atoms with Crippen molar-refractivity contribution in [3.8, 4) is 0 Å². The van der Waals surface area contributed by atoms with Gasteiger partial charge in [0.05, 0.1) is 12.7 Å². The molecule has 0 unspecified atom stereocenters. The predicted molar refractivity (Wildman–Crippen MR) is 80.7 cm³/mol. The Balaban J connectivity index is 2.18. The van der Waals surface area contributed by atoms with Crippen LogP contribution in [0.1, 0.15) is 19.4 Å². The van der Waals surface area contributed by atoms with E-state index in [4.69, 9.17) is 4.74 Å². The molecule has 0 bridgehead atoms. The first-order valence-corrected chi connectivity index (χ1v) is 7.05. The van der Waals surface area contributed by atoms with E-state index in [1.165, 1.54) is 16.5 Å². The van der Waals surface area contributed by atoms with Crippen molar-refractivity contribution < 1.29 is 4.74 Å². The highest BCUT2D eigenvalue weighted by molar-refractivity contribution is 5.84. The van der Waals surface area contributed by atoms with Gasteiger partial charge in [0.25, 0.3) is 0 Å². The van der Waals surface area contributed by atoms with Crippen LogP contribution in [0.2, 0.25) is 0 Å². The van der Waals surface area contributed by atoms with Crippen LogP contribution >= 0.6 is 0 Å². The minimum Gasteiger partial charge on any atom is -0.377 e. The smallest absolute Gasteiger partial charge is 0.0649 e. The SMILES string of the molecule is CNCCc1cn(CCOC(C)C)c2ccccc12. The second kappa shape index (κ2) is 6.73. The number of hydrogen-bond donors (Lipinski definition) is 1. The Labute approximate surface area is 115 Å². The summed E-state index contributed by atoms with van der Waals surface area (Å²) in [6.07, 6.45) is 3.63. The molecule has 3 heteroatoms. The Morgan fingerprint density at radius 1 is 1.26 bits per heavy atom. The maximum Gasteiger partial charge on any atom is 0.0649 e. The summed E-state index contributed by atoms with van der Waals surface area (Å²) < 4.78 is 7.96. The molecule has 0 atom stereocenters. The van der Waals surface area contributed by atoms with Gasteiger partial charge >= 0.3 is 0 Å². The molecule has 0 radical (unpaired) electrons. The van der Waals surface area contributed by atoms with Crippen LogP contribution in [0.25, 0.3) is 10.9 Å². The molecule has 0 amide bonds. The van der Waals surface area contributed by atoms with Crippen LogP contribution < -0.4 is 5.32 Å². The summed E-state index contributed by atoms with van der Waals surface area (Å²) in [7, 11) is 2.00. The van der Waals surface area contributed by atoms with Crippen molar-refractivity contribution in [2.45, 2.75) is 32.9 Å². The summed E-state index contributed by atoms with van der Waals surface area (Å²) in [5.74, 6) is 0. The highest BCUT2D eigenvalue weighted by Crippen LogP contribution is 2.21. The molecule has 0 saturated carbocycles. The summed E-state index contributed by atoms with van der Waals surface area (Å²) in [6.45, 7) is 6.84. The van der Waals surface area contributed by atoms with Gasteiger partial charge in [0, 0.05) is 23.6 Å². The third-order valence-electron chi connectivity index (χ3n) is 3.30. The van der Waals surface area contributed by atoms with Crippen molar-refractivity contribution in [1.82, 2.24) is 9.88 Å². The van der Waals surface area contributed by atoms with Crippen LogP contribution in [0.4, 0.5) is 0 Å². The second-order valence-corrected chi connectivity index (χ2v) is 5.14. The molecular weight excluding hydrogens is 236 g/mol. The summed E-state index contributed by atoms with van der Waals surface area (Å²) in [5.41, 5.74) is 2.72. The monoisotopic (exact) mass is 260 g/mol. The lowest BCUT2D eigenvalue weighted by Gasteiger charge is -2.09. The zero-order valence-corrected chi connectivity index (χ0v) is 12.1. The van der Waals surface area contributed by atoms with Crippen molar-refractivity contribution in [3.63, 3.8) is 0 Å². The van der Waals surface area contributed by atoms with Gasteiger partial charge in [0.1, 0.15) is 0 Å². The van der Waals surface area contributed by atoms with E-state index < -0.39 is 0 Å². The average Bonchev–Trinajstić information content (AvgIpc) is 2.75. The van der Waals surface area contributed by atoms with E-state index in [2.05, 4.69) is 54.2 Å². The van der Waals surface area contributed by atoms with Crippen molar-refractivity contribution in [2.75, 3.05) is 20.2 Å². The van der Waals surface area contributed by atoms with Crippen LogP contribution in [0.15, 0.2) is 30.5 Å². The minimum atomic E-state index is 0.297. The molecule has 0 aliphatic heterocycles. The van der Waals surface area contributed by atoms with Crippen LogP contribution in [-0.2, 0) is 17.7 Å². The highest BCUT2D eigenvalue weighted by atomic mass is 16.5. The van der Waals surface area contributed by atoms with Crippen LogP contribution in [0, 0.1) is 0 Å². The number of nitrogens with zero attached hydrogens (tertiary/aromatic N) is 1. The molecule has 104 valence electrons. The molecule has 1 aromatic carbocycles. The first-order chi connectivity index (χ1) is 9.22. The third-order valence-corrected chi connectivity index (χ3v) is 3.30. The molecule has 19 heavy (non-hydrogen) atoms. The molecule has 1 N–H and O–H groups in total.